The number of nitrogens with zero attached hydrogens (tertiary/aromatic N) is 1. The molecule has 0 spiro atoms. The second kappa shape index (κ2) is 13.8. The van der Waals surface area contributed by atoms with Crippen LogP contribution in [-0.2, 0) is 9.47 Å². The highest BCUT2D eigenvalue weighted by Gasteiger charge is 2.09. The van der Waals surface area contributed by atoms with E-state index >= 15 is 0 Å². The van der Waals surface area contributed by atoms with Crippen LogP contribution < -0.4 is 5.32 Å². The monoisotopic (exact) mass is 288 g/mol. The van der Waals surface area contributed by atoms with Crippen LogP contribution in [-0.4, -0.2) is 56.6 Å². The first-order chi connectivity index (χ1) is 9.67. The third-order valence-electron chi connectivity index (χ3n) is 3.58. The smallest absolute Gasteiger partial charge is 0.158 e. The highest BCUT2D eigenvalue weighted by Crippen LogP contribution is 2.03. The van der Waals surface area contributed by atoms with Gasteiger partial charge in [0.05, 0.1) is 0 Å². The van der Waals surface area contributed by atoms with Gasteiger partial charge in [0.1, 0.15) is 0 Å². The Bertz CT molecular complexity index is 193. The van der Waals surface area contributed by atoms with Crippen molar-refractivity contribution in [1.82, 2.24) is 10.2 Å². The van der Waals surface area contributed by atoms with E-state index in [9.17, 15) is 0 Å². The molecule has 0 aromatic heterocycles. The molecule has 0 aliphatic rings. The molecule has 122 valence electrons. The zero-order valence-electron chi connectivity index (χ0n) is 14.3. The third-order valence-corrected chi connectivity index (χ3v) is 3.58. The highest BCUT2D eigenvalue weighted by atomic mass is 16.7. The van der Waals surface area contributed by atoms with E-state index in [-0.39, 0.29) is 6.29 Å². The van der Waals surface area contributed by atoms with Gasteiger partial charge in [-0.3, -0.25) is 0 Å². The molecular formula is C16H36N2O2. The first kappa shape index (κ1) is 19.8. The molecule has 20 heavy (non-hydrogen) atoms. The third kappa shape index (κ3) is 10.6. The lowest BCUT2D eigenvalue weighted by atomic mass is 10.1. The van der Waals surface area contributed by atoms with Crippen molar-refractivity contribution in [3.8, 4) is 0 Å². The van der Waals surface area contributed by atoms with Crippen LogP contribution in [0.1, 0.15) is 53.9 Å². The molecule has 1 N–H and O–H groups in total. The lowest BCUT2D eigenvalue weighted by Crippen LogP contribution is -2.32. The van der Waals surface area contributed by atoms with Crippen molar-refractivity contribution < 1.29 is 9.47 Å². The Hall–Kier alpha value is -0.160. The lowest BCUT2D eigenvalue weighted by Gasteiger charge is -2.21. The maximum absolute atomic E-state index is 5.54. The van der Waals surface area contributed by atoms with Crippen LogP contribution in [0.4, 0.5) is 0 Å². The molecule has 0 saturated carbocycles. The molecule has 1 atom stereocenters. The van der Waals surface area contributed by atoms with E-state index in [4.69, 9.17) is 9.47 Å². The first-order valence-electron chi connectivity index (χ1n) is 8.36. The predicted octanol–water partition coefficient (Wildman–Crippen LogP) is 2.88. The van der Waals surface area contributed by atoms with Gasteiger partial charge >= 0.3 is 0 Å². The van der Waals surface area contributed by atoms with E-state index in [0.29, 0.717) is 19.3 Å². The molecule has 1 unspecified atom stereocenters. The van der Waals surface area contributed by atoms with Gasteiger partial charge < -0.3 is 19.7 Å². The quantitative estimate of drug-likeness (QED) is 0.498. The molecular weight excluding hydrogens is 252 g/mol. The molecule has 0 aromatic rings. The maximum atomic E-state index is 5.54. The first-order valence-corrected chi connectivity index (χ1v) is 8.36. The van der Waals surface area contributed by atoms with Gasteiger partial charge in [0, 0.05) is 32.2 Å². The Kier molecular flexibility index (Phi) is 13.7. The van der Waals surface area contributed by atoms with Crippen molar-refractivity contribution >= 4 is 0 Å². The Morgan fingerprint density at radius 2 is 1.55 bits per heavy atom. The van der Waals surface area contributed by atoms with Gasteiger partial charge in [-0.05, 0) is 53.2 Å². The van der Waals surface area contributed by atoms with Gasteiger partial charge in [-0.25, -0.2) is 0 Å². The van der Waals surface area contributed by atoms with Gasteiger partial charge in [0.2, 0.25) is 0 Å². The molecule has 0 saturated heterocycles. The van der Waals surface area contributed by atoms with Gasteiger partial charge in [0.25, 0.3) is 0 Å². The predicted molar refractivity (Wildman–Crippen MR) is 86.1 cm³/mol. The molecule has 0 radical (unpaired) electrons. The summed E-state index contributed by atoms with van der Waals surface area (Å²) >= 11 is 0. The largest absolute Gasteiger partial charge is 0.353 e. The fourth-order valence-corrected chi connectivity index (χ4v) is 2.30. The molecule has 0 aliphatic carbocycles. The SMILES string of the molecule is CCOC(CCNC(C)CCCN(CC)CC)OCC. The van der Waals surface area contributed by atoms with Crippen LogP contribution in [0.25, 0.3) is 0 Å². The van der Waals surface area contributed by atoms with Crippen molar-refractivity contribution in [1.29, 1.82) is 0 Å². The summed E-state index contributed by atoms with van der Waals surface area (Å²) in [6.45, 7) is 16.6. The van der Waals surface area contributed by atoms with Crippen LogP contribution >= 0.6 is 0 Å². The lowest BCUT2D eigenvalue weighted by molar-refractivity contribution is -0.138. The van der Waals surface area contributed by atoms with Crippen LogP contribution in [0.5, 0.6) is 0 Å². The minimum Gasteiger partial charge on any atom is -0.353 e. The molecule has 4 nitrogen and oxygen atoms in total. The molecule has 4 heteroatoms. The van der Waals surface area contributed by atoms with Crippen LogP contribution in [0.3, 0.4) is 0 Å². The molecule has 0 rings (SSSR count). The number of nitrogens with one attached hydrogen (secondary N) is 1. The topological polar surface area (TPSA) is 33.7 Å². The minimum atomic E-state index is -0.0552. The Morgan fingerprint density at radius 3 is 2.05 bits per heavy atom. The normalized spacial score (nSPS) is 13.3. The van der Waals surface area contributed by atoms with Crippen molar-refractivity contribution in [2.45, 2.75) is 66.2 Å². The minimum absolute atomic E-state index is 0.0552. The molecule has 0 aliphatic heterocycles. The van der Waals surface area contributed by atoms with Gasteiger partial charge in [0.15, 0.2) is 6.29 Å². The van der Waals surface area contributed by atoms with E-state index < -0.39 is 0 Å². The molecule has 0 heterocycles. The summed E-state index contributed by atoms with van der Waals surface area (Å²) in [7, 11) is 0. The summed E-state index contributed by atoms with van der Waals surface area (Å²) in [6, 6.07) is 0.564. The second-order valence-electron chi connectivity index (χ2n) is 5.15. The van der Waals surface area contributed by atoms with E-state index in [1.54, 1.807) is 0 Å². The number of hydrogen-bond acceptors (Lipinski definition) is 4. The maximum Gasteiger partial charge on any atom is 0.158 e. The van der Waals surface area contributed by atoms with Crippen LogP contribution in [0, 0.1) is 0 Å². The number of ether oxygens (including phenoxy) is 2. The number of rotatable bonds is 14. The fourth-order valence-electron chi connectivity index (χ4n) is 2.30. The standard InChI is InChI=1S/C16H36N2O2/c1-6-18(7-2)14-10-11-15(5)17-13-12-16(19-8-3)20-9-4/h15-17H,6-14H2,1-5H3. The summed E-state index contributed by atoms with van der Waals surface area (Å²) in [4.78, 5) is 2.48. The molecule has 0 aromatic carbocycles. The van der Waals surface area contributed by atoms with Crippen LogP contribution in [0.15, 0.2) is 0 Å². The zero-order valence-corrected chi connectivity index (χ0v) is 14.3. The zero-order chi connectivity index (χ0) is 15.2. The van der Waals surface area contributed by atoms with Gasteiger partial charge in [-0.1, -0.05) is 13.8 Å². The Balaban J connectivity index is 3.63. The second-order valence-corrected chi connectivity index (χ2v) is 5.15. The summed E-state index contributed by atoms with van der Waals surface area (Å²) in [5, 5.41) is 3.56. The molecule has 0 fully saturated rings. The van der Waals surface area contributed by atoms with Crippen molar-refractivity contribution in [3.63, 3.8) is 0 Å². The summed E-state index contributed by atoms with van der Waals surface area (Å²) in [5.74, 6) is 0. The molecule has 0 amide bonds. The number of hydrogen-bond donors (Lipinski definition) is 1. The fraction of sp³-hybridized carbons (Fsp3) is 1.00. The summed E-state index contributed by atoms with van der Waals surface area (Å²) in [5.41, 5.74) is 0. The van der Waals surface area contributed by atoms with Crippen LogP contribution in [0.2, 0.25) is 0 Å². The summed E-state index contributed by atoms with van der Waals surface area (Å²) in [6.07, 6.45) is 3.35. The van der Waals surface area contributed by atoms with E-state index in [2.05, 4.69) is 31.0 Å². The summed E-state index contributed by atoms with van der Waals surface area (Å²) < 4.78 is 11.1. The average Bonchev–Trinajstić information content (AvgIpc) is 2.44. The van der Waals surface area contributed by atoms with Gasteiger partial charge in [-0.2, -0.15) is 0 Å². The van der Waals surface area contributed by atoms with Gasteiger partial charge in [-0.15, -0.1) is 0 Å². The van der Waals surface area contributed by atoms with Crippen molar-refractivity contribution in [2.24, 2.45) is 0 Å². The Morgan fingerprint density at radius 1 is 0.950 bits per heavy atom. The van der Waals surface area contributed by atoms with Crippen molar-refractivity contribution in [2.75, 3.05) is 39.4 Å². The Labute approximate surface area is 126 Å². The highest BCUT2D eigenvalue weighted by molar-refractivity contribution is 4.63. The van der Waals surface area contributed by atoms with E-state index in [1.807, 2.05) is 13.8 Å². The van der Waals surface area contributed by atoms with Crippen molar-refractivity contribution in [3.05, 3.63) is 0 Å². The van der Waals surface area contributed by atoms with E-state index in [1.165, 1.54) is 19.4 Å². The van der Waals surface area contributed by atoms with E-state index in [0.717, 1.165) is 26.1 Å². The molecule has 0 bridgehead atoms. The average molecular weight is 288 g/mol.